The maximum Gasteiger partial charge on any atom is 0.339 e. The highest BCUT2D eigenvalue weighted by Crippen LogP contribution is 2.30. The van der Waals surface area contributed by atoms with Gasteiger partial charge in [0, 0.05) is 17.0 Å². The molecule has 1 heterocycles. The van der Waals surface area contributed by atoms with Gasteiger partial charge in [0.1, 0.15) is 11.5 Å². The van der Waals surface area contributed by atoms with E-state index in [2.05, 4.69) is 10.3 Å². The van der Waals surface area contributed by atoms with Crippen LogP contribution in [-0.2, 0) is 9.53 Å². The molecule has 3 rings (SSSR count). The van der Waals surface area contributed by atoms with Gasteiger partial charge in [0.05, 0.1) is 35.5 Å². The molecule has 0 fully saturated rings. The molecule has 0 saturated heterocycles. The number of thiazole rings is 1. The van der Waals surface area contributed by atoms with Crippen molar-refractivity contribution in [3.05, 3.63) is 57.4 Å². The number of carbonyl (C=O) groups excluding carboxylic acids is 2. The fourth-order valence-corrected chi connectivity index (χ4v) is 3.55. The number of anilines is 1. The largest absolute Gasteiger partial charge is 0.497 e. The highest BCUT2D eigenvalue weighted by atomic mass is 35.5. The second-order valence-corrected chi connectivity index (χ2v) is 7.98. The van der Waals surface area contributed by atoms with Gasteiger partial charge in [0.2, 0.25) is 0 Å². The highest BCUT2D eigenvalue weighted by molar-refractivity contribution is 7.14. The maximum absolute atomic E-state index is 12.5. The quantitative estimate of drug-likeness (QED) is 0.460. The third-order valence-corrected chi connectivity index (χ3v) is 5.69. The van der Waals surface area contributed by atoms with E-state index in [1.807, 2.05) is 0 Å². The number of hydrogen-bond acceptors (Lipinski definition) is 7. The Balaban J connectivity index is 1.65. The Labute approximate surface area is 192 Å². The van der Waals surface area contributed by atoms with E-state index in [0.717, 1.165) is 5.56 Å². The molecular weight excluding hydrogens is 463 g/mol. The lowest BCUT2D eigenvalue weighted by molar-refractivity contribution is -0.123. The van der Waals surface area contributed by atoms with Gasteiger partial charge in [0.25, 0.3) is 5.91 Å². The van der Waals surface area contributed by atoms with E-state index in [1.165, 1.54) is 44.6 Å². The average molecular weight is 481 g/mol. The molecule has 0 aliphatic rings. The van der Waals surface area contributed by atoms with Crippen LogP contribution < -0.4 is 14.8 Å². The minimum absolute atomic E-state index is 0.201. The second kappa shape index (κ2) is 10.00. The van der Waals surface area contributed by atoms with Crippen LogP contribution in [0.25, 0.3) is 11.3 Å². The Morgan fingerprint density at radius 3 is 2.32 bits per heavy atom. The fourth-order valence-electron chi connectivity index (χ4n) is 2.53. The summed E-state index contributed by atoms with van der Waals surface area (Å²) < 4.78 is 15.6. The van der Waals surface area contributed by atoms with Crippen molar-refractivity contribution in [3.63, 3.8) is 0 Å². The van der Waals surface area contributed by atoms with Crippen molar-refractivity contribution in [2.24, 2.45) is 0 Å². The molecule has 2 aromatic carbocycles. The smallest absolute Gasteiger partial charge is 0.339 e. The van der Waals surface area contributed by atoms with Gasteiger partial charge >= 0.3 is 5.97 Å². The minimum atomic E-state index is -1.05. The molecular formula is C21H18Cl2N2O5S. The number of ether oxygens (including phenoxy) is 3. The number of hydrogen-bond donors (Lipinski definition) is 1. The van der Waals surface area contributed by atoms with E-state index in [1.54, 1.807) is 29.6 Å². The summed E-state index contributed by atoms with van der Waals surface area (Å²) in [6.45, 7) is 1.47. The molecule has 7 nitrogen and oxygen atoms in total. The first-order valence-electron chi connectivity index (χ1n) is 8.96. The zero-order valence-electron chi connectivity index (χ0n) is 16.8. The maximum atomic E-state index is 12.5. The van der Waals surface area contributed by atoms with E-state index < -0.39 is 18.0 Å². The van der Waals surface area contributed by atoms with Crippen LogP contribution in [0.1, 0.15) is 17.3 Å². The van der Waals surface area contributed by atoms with Gasteiger partial charge in [-0.1, -0.05) is 29.3 Å². The first kappa shape index (κ1) is 22.9. The normalized spacial score (nSPS) is 11.5. The summed E-state index contributed by atoms with van der Waals surface area (Å²) in [6, 6.07) is 9.77. The van der Waals surface area contributed by atoms with Crippen LogP contribution in [0, 0.1) is 0 Å². The summed E-state index contributed by atoms with van der Waals surface area (Å²) in [6.07, 6.45) is -1.05. The summed E-state index contributed by atoms with van der Waals surface area (Å²) in [5.41, 5.74) is 1.59. The van der Waals surface area contributed by atoms with Gasteiger partial charge in [-0.25, -0.2) is 9.78 Å². The molecule has 3 aromatic rings. The van der Waals surface area contributed by atoms with Crippen LogP contribution in [0.4, 0.5) is 5.13 Å². The zero-order valence-corrected chi connectivity index (χ0v) is 19.1. The van der Waals surface area contributed by atoms with Gasteiger partial charge < -0.3 is 14.2 Å². The van der Waals surface area contributed by atoms with Gasteiger partial charge in [-0.05, 0) is 31.2 Å². The van der Waals surface area contributed by atoms with Gasteiger partial charge in [-0.2, -0.15) is 0 Å². The van der Waals surface area contributed by atoms with E-state index in [9.17, 15) is 9.59 Å². The lowest BCUT2D eigenvalue weighted by Crippen LogP contribution is -2.30. The van der Waals surface area contributed by atoms with E-state index in [-0.39, 0.29) is 5.56 Å². The SMILES string of the molecule is COc1cc(OC)cc(C(=O)O[C@H](C)C(=O)Nc2nc(-c3ccc(Cl)c(Cl)c3)cs2)c1. The van der Waals surface area contributed by atoms with Crippen LogP contribution in [-0.4, -0.2) is 37.2 Å². The summed E-state index contributed by atoms with van der Waals surface area (Å²) in [5.74, 6) is -0.337. The first-order valence-corrected chi connectivity index (χ1v) is 10.6. The van der Waals surface area contributed by atoms with E-state index in [4.69, 9.17) is 37.4 Å². The molecule has 1 N–H and O–H groups in total. The number of amides is 1. The van der Waals surface area contributed by atoms with Gasteiger partial charge in [-0.3, -0.25) is 10.1 Å². The summed E-state index contributed by atoms with van der Waals surface area (Å²) >= 11 is 13.2. The Bertz CT molecular complexity index is 1100. The number of nitrogens with one attached hydrogen (secondary N) is 1. The number of rotatable bonds is 7. The number of nitrogens with zero attached hydrogens (tertiary/aromatic N) is 1. The molecule has 1 amide bonds. The highest BCUT2D eigenvalue weighted by Gasteiger charge is 2.21. The second-order valence-electron chi connectivity index (χ2n) is 6.30. The molecule has 0 bridgehead atoms. The van der Waals surface area contributed by atoms with Crippen molar-refractivity contribution in [1.29, 1.82) is 0 Å². The molecule has 0 spiro atoms. The Hall–Kier alpha value is -2.81. The molecule has 1 aromatic heterocycles. The third kappa shape index (κ3) is 5.66. The van der Waals surface area contributed by atoms with Crippen molar-refractivity contribution in [3.8, 4) is 22.8 Å². The van der Waals surface area contributed by atoms with Crippen molar-refractivity contribution in [1.82, 2.24) is 4.98 Å². The van der Waals surface area contributed by atoms with Crippen LogP contribution in [0.2, 0.25) is 10.0 Å². The van der Waals surface area contributed by atoms with Gasteiger partial charge in [-0.15, -0.1) is 11.3 Å². The number of carbonyl (C=O) groups is 2. The van der Waals surface area contributed by atoms with Crippen LogP contribution >= 0.6 is 34.5 Å². The van der Waals surface area contributed by atoms with Gasteiger partial charge in [0.15, 0.2) is 11.2 Å². The summed E-state index contributed by atoms with van der Waals surface area (Å²) in [4.78, 5) is 29.3. The standard InChI is InChI=1S/C21H18Cl2N2O5S/c1-11(30-20(27)13-6-14(28-2)9-15(7-13)29-3)19(26)25-21-24-18(10-31-21)12-4-5-16(22)17(23)8-12/h4-11H,1-3H3,(H,24,25,26)/t11-/m1/s1. The average Bonchev–Trinajstić information content (AvgIpc) is 3.23. The summed E-state index contributed by atoms with van der Waals surface area (Å²) in [5, 5.41) is 5.63. The number of methoxy groups -OCH3 is 2. The molecule has 1 atom stereocenters. The Morgan fingerprint density at radius 2 is 1.71 bits per heavy atom. The number of halogens is 2. The molecule has 0 aliphatic heterocycles. The van der Waals surface area contributed by atoms with Crippen molar-refractivity contribution >= 4 is 51.5 Å². The number of esters is 1. The molecule has 0 aliphatic carbocycles. The Kier molecular flexibility index (Phi) is 7.37. The van der Waals surface area contributed by atoms with Crippen LogP contribution in [0.15, 0.2) is 41.8 Å². The monoisotopic (exact) mass is 480 g/mol. The molecule has 0 radical (unpaired) electrons. The van der Waals surface area contributed by atoms with E-state index >= 15 is 0 Å². The van der Waals surface area contributed by atoms with E-state index in [0.29, 0.717) is 32.4 Å². The third-order valence-electron chi connectivity index (χ3n) is 4.19. The number of aromatic nitrogens is 1. The molecule has 31 heavy (non-hydrogen) atoms. The molecule has 162 valence electrons. The summed E-state index contributed by atoms with van der Waals surface area (Å²) in [7, 11) is 2.94. The molecule has 10 heteroatoms. The zero-order chi connectivity index (χ0) is 22.5. The lowest BCUT2D eigenvalue weighted by Gasteiger charge is -2.13. The van der Waals surface area contributed by atoms with Crippen molar-refractivity contribution in [2.45, 2.75) is 13.0 Å². The Morgan fingerprint density at radius 1 is 1.03 bits per heavy atom. The molecule has 0 unspecified atom stereocenters. The predicted molar refractivity (Wildman–Crippen MR) is 121 cm³/mol. The van der Waals surface area contributed by atoms with Crippen molar-refractivity contribution < 1.29 is 23.8 Å². The first-order chi connectivity index (χ1) is 14.8. The number of benzene rings is 2. The predicted octanol–water partition coefficient (Wildman–Crippen LogP) is 5.32. The van der Waals surface area contributed by atoms with Crippen LogP contribution in [0.5, 0.6) is 11.5 Å². The van der Waals surface area contributed by atoms with Crippen molar-refractivity contribution in [2.75, 3.05) is 19.5 Å². The lowest BCUT2D eigenvalue weighted by atomic mass is 10.2. The topological polar surface area (TPSA) is 86.8 Å². The molecule has 0 saturated carbocycles. The van der Waals surface area contributed by atoms with Crippen LogP contribution in [0.3, 0.4) is 0 Å². The minimum Gasteiger partial charge on any atom is -0.497 e. The fraction of sp³-hybridized carbons (Fsp3) is 0.190.